The minimum absolute atomic E-state index is 0.336. The van der Waals surface area contributed by atoms with Gasteiger partial charge in [-0.25, -0.2) is 0 Å². The molecular weight excluding hydrogens is 274 g/mol. The molecule has 0 aromatic heterocycles. The van der Waals surface area contributed by atoms with Crippen molar-refractivity contribution >= 4 is 23.5 Å². The third kappa shape index (κ3) is 4.33. The third-order valence-electron chi connectivity index (χ3n) is 3.39. The summed E-state index contributed by atoms with van der Waals surface area (Å²) in [7, 11) is 1.75. The maximum Gasteiger partial charge on any atom is 0.123 e. The van der Waals surface area contributed by atoms with Crippen molar-refractivity contribution in [1.82, 2.24) is 5.32 Å². The molecule has 19 heavy (non-hydrogen) atoms. The van der Waals surface area contributed by atoms with Crippen LogP contribution in [0.2, 0.25) is 0 Å². The molecule has 0 saturated carbocycles. The summed E-state index contributed by atoms with van der Waals surface area (Å²) in [5.74, 6) is 4.86. The molecule has 1 fully saturated rings. The summed E-state index contributed by atoms with van der Waals surface area (Å²) in [5.41, 5.74) is 2.49. The van der Waals surface area contributed by atoms with E-state index in [4.69, 9.17) is 4.74 Å². The molecule has 0 spiro atoms. The molecule has 0 aliphatic carbocycles. The highest BCUT2D eigenvalue weighted by atomic mass is 32.2. The first-order chi connectivity index (χ1) is 9.20. The summed E-state index contributed by atoms with van der Waals surface area (Å²) in [6, 6.07) is 6.78. The number of benzene rings is 1. The van der Waals surface area contributed by atoms with E-state index in [2.05, 4.69) is 60.9 Å². The molecule has 2 atom stereocenters. The lowest BCUT2D eigenvalue weighted by Gasteiger charge is -2.24. The van der Waals surface area contributed by atoms with E-state index in [0.29, 0.717) is 6.04 Å². The Morgan fingerprint density at radius 1 is 1.42 bits per heavy atom. The fourth-order valence-electron chi connectivity index (χ4n) is 2.25. The molecule has 1 aliphatic heterocycles. The Labute approximate surface area is 125 Å². The normalized spacial score (nSPS) is 21.1. The van der Waals surface area contributed by atoms with Gasteiger partial charge in [0.05, 0.1) is 7.11 Å². The van der Waals surface area contributed by atoms with Crippen LogP contribution in [-0.2, 0) is 0 Å². The summed E-state index contributed by atoms with van der Waals surface area (Å²) in [6.45, 7) is 5.39. The van der Waals surface area contributed by atoms with Gasteiger partial charge in [-0.05, 0) is 25.5 Å². The molecule has 2 nitrogen and oxygen atoms in total. The van der Waals surface area contributed by atoms with Crippen LogP contribution in [0.3, 0.4) is 0 Å². The predicted octanol–water partition coefficient (Wildman–Crippen LogP) is 3.50. The largest absolute Gasteiger partial charge is 0.496 e. The second kappa shape index (κ2) is 7.46. The number of ether oxygens (including phenoxy) is 1. The van der Waals surface area contributed by atoms with E-state index in [9.17, 15) is 0 Å². The molecule has 0 bridgehead atoms. The number of rotatable bonds is 5. The predicted molar refractivity (Wildman–Crippen MR) is 87.7 cm³/mol. The molecule has 1 saturated heterocycles. The fraction of sp³-hybridized carbons (Fsp3) is 0.600. The topological polar surface area (TPSA) is 21.3 Å². The van der Waals surface area contributed by atoms with Crippen molar-refractivity contribution in [1.29, 1.82) is 0 Å². The highest BCUT2D eigenvalue weighted by Gasteiger charge is 2.17. The molecular formula is C15H23NOS2. The molecule has 1 aromatic carbocycles. The van der Waals surface area contributed by atoms with Crippen LogP contribution in [0.25, 0.3) is 0 Å². The molecule has 0 radical (unpaired) electrons. The molecule has 1 aliphatic rings. The van der Waals surface area contributed by atoms with Crippen LogP contribution in [-0.4, -0.2) is 36.2 Å². The number of methoxy groups -OCH3 is 1. The van der Waals surface area contributed by atoms with Crippen LogP contribution < -0.4 is 10.1 Å². The van der Waals surface area contributed by atoms with Gasteiger partial charge in [0.2, 0.25) is 0 Å². The van der Waals surface area contributed by atoms with Crippen LogP contribution in [0, 0.1) is 6.92 Å². The molecule has 1 N–H and O–H groups in total. The van der Waals surface area contributed by atoms with E-state index in [0.717, 1.165) is 17.5 Å². The van der Waals surface area contributed by atoms with Gasteiger partial charge in [0.15, 0.2) is 0 Å². The number of thioether (sulfide) groups is 2. The summed E-state index contributed by atoms with van der Waals surface area (Å²) in [6.07, 6.45) is 0. The van der Waals surface area contributed by atoms with Crippen LogP contribution in [0.1, 0.15) is 24.1 Å². The van der Waals surface area contributed by atoms with E-state index >= 15 is 0 Å². The maximum absolute atomic E-state index is 5.49. The standard InChI is InChI=1S/C15H23NOS2/c1-11-4-5-14(15(8-11)17-3)12(2)16-9-13-10-18-6-7-19-13/h4-5,8,12-13,16H,6-7,9-10H2,1-3H3. The van der Waals surface area contributed by atoms with Crippen molar-refractivity contribution in [3.63, 3.8) is 0 Å². The lowest BCUT2D eigenvalue weighted by Crippen LogP contribution is -2.31. The molecule has 0 amide bonds. The Balaban J connectivity index is 1.93. The quantitative estimate of drug-likeness (QED) is 0.897. The number of hydrogen-bond donors (Lipinski definition) is 1. The van der Waals surface area contributed by atoms with Gasteiger partial charge in [0.25, 0.3) is 0 Å². The van der Waals surface area contributed by atoms with Crippen molar-refractivity contribution in [3.8, 4) is 5.75 Å². The van der Waals surface area contributed by atoms with Gasteiger partial charge in [-0.3, -0.25) is 0 Å². The van der Waals surface area contributed by atoms with E-state index in [-0.39, 0.29) is 0 Å². The highest BCUT2D eigenvalue weighted by Crippen LogP contribution is 2.27. The minimum atomic E-state index is 0.336. The van der Waals surface area contributed by atoms with Gasteiger partial charge in [-0.1, -0.05) is 12.1 Å². The van der Waals surface area contributed by atoms with Crippen molar-refractivity contribution in [3.05, 3.63) is 29.3 Å². The Bertz CT molecular complexity index is 405. The molecule has 2 unspecified atom stereocenters. The SMILES string of the molecule is COc1cc(C)ccc1C(C)NCC1CSCCS1. The van der Waals surface area contributed by atoms with Gasteiger partial charge < -0.3 is 10.1 Å². The van der Waals surface area contributed by atoms with Gasteiger partial charge in [-0.15, -0.1) is 0 Å². The van der Waals surface area contributed by atoms with Crippen molar-refractivity contribution in [2.45, 2.75) is 25.1 Å². The lowest BCUT2D eigenvalue weighted by molar-refractivity contribution is 0.401. The van der Waals surface area contributed by atoms with E-state index in [1.54, 1.807) is 7.11 Å². The molecule has 2 rings (SSSR count). The van der Waals surface area contributed by atoms with Gasteiger partial charge in [0.1, 0.15) is 5.75 Å². The average molecular weight is 297 g/mol. The van der Waals surface area contributed by atoms with Crippen LogP contribution >= 0.6 is 23.5 Å². The molecule has 4 heteroatoms. The van der Waals surface area contributed by atoms with Crippen LogP contribution in [0.15, 0.2) is 18.2 Å². The summed E-state index contributed by atoms with van der Waals surface area (Å²) < 4.78 is 5.49. The number of nitrogens with one attached hydrogen (secondary N) is 1. The zero-order chi connectivity index (χ0) is 13.7. The first-order valence-corrected chi connectivity index (χ1v) is 8.98. The lowest BCUT2D eigenvalue weighted by atomic mass is 10.0. The Hall–Kier alpha value is -0.320. The van der Waals surface area contributed by atoms with Crippen molar-refractivity contribution in [2.75, 3.05) is 30.9 Å². The zero-order valence-electron chi connectivity index (χ0n) is 11.9. The van der Waals surface area contributed by atoms with E-state index in [1.807, 2.05) is 0 Å². The number of hydrogen-bond acceptors (Lipinski definition) is 4. The molecule has 106 valence electrons. The second-order valence-electron chi connectivity index (χ2n) is 4.94. The molecule has 1 heterocycles. The summed E-state index contributed by atoms with van der Waals surface area (Å²) in [4.78, 5) is 0. The Morgan fingerprint density at radius 2 is 2.26 bits per heavy atom. The average Bonchev–Trinajstić information content (AvgIpc) is 2.45. The zero-order valence-corrected chi connectivity index (χ0v) is 13.6. The first kappa shape index (κ1) is 15.1. The summed E-state index contributed by atoms with van der Waals surface area (Å²) >= 11 is 4.17. The number of aryl methyl sites for hydroxylation is 1. The van der Waals surface area contributed by atoms with Crippen LogP contribution in [0.5, 0.6) is 5.75 Å². The summed E-state index contributed by atoms with van der Waals surface area (Å²) in [5, 5.41) is 4.40. The monoisotopic (exact) mass is 297 g/mol. The maximum atomic E-state index is 5.49. The van der Waals surface area contributed by atoms with Crippen LogP contribution in [0.4, 0.5) is 0 Å². The van der Waals surface area contributed by atoms with Gasteiger partial charge in [0, 0.05) is 40.7 Å². The van der Waals surface area contributed by atoms with Crippen molar-refractivity contribution < 1.29 is 4.74 Å². The van der Waals surface area contributed by atoms with Crippen molar-refractivity contribution in [2.24, 2.45) is 0 Å². The smallest absolute Gasteiger partial charge is 0.123 e. The molecule has 1 aromatic rings. The second-order valence-corrected chi connectivity index (χ2v) is 7.50. The fourth-order valence-corrected chi connectivity index (χ4v) is 4.87. The van der Waals surface area contributed by atoms with E-state index in [1.165, 1.54) is 28.4 Å². The highest BCUT2D eigenvalue weighted by molar-refractivity contribution is 8.06. The minimum Gasteiger partial charge on any atom is -0.496 e. The van der Waals surface area contributed by atoms with Gasteiger partial charge >= 0.3 is 0 Å². The first-order valence-electron chi connectivity index (χ1n) is 6.78. The van der Waals surface area contributed by atoms with Gasteiger partial charge in [-0.2, -0.15) is 23.5 Å². The third-order valence-corrected chi connectivity index (χ3v) is 6.24. The van der Waals surface area contributed by atoms with E-state index < -0.39 is 0 Å². The Morgan fingerprint density at radius 3 is 2.95 bits per heavy atom. The Kier molecular flexibility index (Phi) is 5.92.